The van der Waals surface area contributed by atoms with Gasteiger partial charge in [-0.2, -0.15) is 0 Å². The van der Waals surface area contributed by atoms with E-state index in [4.69, 9.17) is 11.6 Å². The van der Waals surface area contributed by atoms with Crippen LogP contribution in [0.15, 0.2) is 35.6 Å². The molecule has 2 aliphatic heterocycles. The van der Waals surface area contributed by atoms with Gasteiger partial charge >= 0.3 is 0 Å². The van der Waals surface area contributed by atoms with Crippen LogP contribution in [0.4, 0.5) is 5.82 Å². The fourth-order valence-corrected chi connectivity index (χ4v) is 3.41. The molecule has 0 saturated heterocycles. The number of benzene rings is 1. The molecule has 0 saturated carbocycles. The Kier molecular flexibility index (Phi) is 4.21. The molecule has 2 aromatic rings. The van der Waals surface area contributed by atoms with Crippen molar-refractivity contribution < 1.29 is 4.79 Å². The number of guanidine groups is 1. The van der Waals surface area contributed by atoms with Gasteiger partial charge in [0, 0.05) is 18.1 Å². The van der Waals surface area contributed by atoms with Crippen molar-refractivity contribution in [2.24, 2.45) is 4.99 Å². The second-order valence-corrected chi connectivity index (χ2v) is 6.75. The summed E-state index contributed by atoms with van der Waals surface area (Å²) in [6.07, 6.45) is 3.87. The Bertz CT molecular complexity index is 826. The van der Waals surface area contributed by atoms with E-state index in [9.17, 15) is 4.79 Å². The zero-order chi connectivity index (χ0) is 17.4. The van der Waals surface area contributed by atoms with Gasteiger partial charge in [0.1, 0.15) is 0 Å². The highest BCUT2D eigenvalue weighted by atomic mass is 35.5. The third kappa shape index (κ3) is 2.80. The van der Waals surface area contributed by atoms with Crippen LogP contribution in [0.3, 0.4) is 0 Å². The number of aliphatic imine (C=N–C) groups is 1. The van der Waals surface area contributed by atoms with E-state index < -0.39 is 0 Å². The van der Waals surface area contributed by atoms with E-state index in [2.05, 4.69) is 16.9 Å². The monoisotopic (exact) mass is 357 g/mol. The van der Waals surface area contributed by atoms with Crippen molar-refractivity contribution in [3.05, 3.63) is 46.9 Å². The molecule has 7 heteroatoms. The number of carbonyl (C=O) groups is 1. The Morgan fingerprint density at radius 1 is 1.24 bits per heavy atom. The lowest BCUT2D eigenvalue weighted by Crippen LogP contribution is -2.50. The summed E-state index contributed by atoms with van der Waals surface area (Å²) < 4.78 is 1.98. The number of amides is 1. The number of imidazole rings is 1. The molecule has 25 heavy (non-hydrogen) atoms. The van der Waals surface area contributed by atoms with E-state index >= 15 is 0 Å². The van der Waals surface area contributed by atoms with Gasteiger partial charge in [-0.05, 0) is 24.1 Å². The van der Waals surface area contributed by atoms with Gasteiger partial charge in [-0.25, -0.2) is 4.98 Å². The van der Waals surface area contributed by atoms with Gasteiger partial charge in [-0.3, -0.25) is 19.6 Å². The third-order valence-electron chi connectivity index (χ3n) is 4.59. The van der Waals surface area contributed by atoms with Crippen molar-refractivity contribution in [3.8, 4) is 0 Å². The number of carbonyl (C=O) groups excluding carboxylic acids is 1. The van der Waals surface area contributed by atoms with E-state index in [1.807, 2.05) is 33.7 Å². The third-order valence-corrected chi connectivity index (χ3v) is 4.84. The second-order valence-electron chi connectivity index (χ2n) is 6.31. The van der Waals surface area contributed by atoms with E-state index in [1.165, 1.54) is 0 Å². The molecule has 130 valence electrons. The maximum Gasteiger partial charge on any atom is 0.281 e. The lowest BCUT2D eigenvalue weighted by atomic mass is 10.2. The Hall–Kier alpha value is -2.34. The average molecular weight is 358 g/mol. The average Bonchev–Trinajstić information content (AvgIpc) is 3.26. The van der Waals surface area contributed by atoms with E-state index in [0.717, 1.165) is 24.9 Å². The number of rotatable bonds is 5. The summed E-state index contributed by atoms with van der Waals surface area (Å²) in [7, 11) is 0. The zero-order valence-electron chi connectivity index (χ0n) is 14.2. The molecular weight excluding hydrogens is 338 g/mol. The fraction of sp³-hybridized carbons (Fsp3) is 0.389. The number of aromatic nitrogens is 2. The number of anilines is 1. The molecule has 1 amide bonds. The molecule has 0 N–H and O–H groups in total. The Balaban J connectivity index is 1.72. The van der Waals surface area contributed by atoms with Crippen LogP contribution in [-0.2, 0) is 13.1 Å². The number of hydrogen-bond donors (Lipinski definition) is 0. The number of hydrogen-bond acceptors (Lipinski definition) is 4. The molecule has 1 aromatic heterocycles. The molecule has 3 heterocycles. The minimum Gasteiger partial charge on any atom is -0.325 e. The normalized spacial score (nSPS) is 16.1. The molecule has 1 aromatic carbocycles. The summed E-state index contributed by atoms with van der Waals surface area (Å²) in [5.41, 5.74) is 1.77. The second kappa shape index (κ2) is 6.52. The Labute approximate surface area is 151 Å². The highest BCUT2D eigenvalue weighted by Gasteiger charge is 2.40. The maximum atomic E-state index is 12.9. The van der Waals surface area contributed by atoms with Gasteiger partial charge in [-0.15, -0.1) is 0 Å². The molecule has 0 aliphatic carbocycles. The predicted molar refractivity (Wildman–Crippen MR) is 98.1 cm³/mol. The van der Waals surface area contributed by atoms with Crippen LogP contribution in [0.25, 0.3) is 0 Å². The van der Waals surface area contributed by atoms with Crippen LogP contribution in [0.1, 0.15) is 35.8 Å². The maximum absolute atomic E-state index is 12.9. The number of unbranched alkanes of at least 4 members (excludes halogenated alkanes) is 1. The van der Waals surface area contributed by atoms with E-state index in [0.29, 0.717) is 42.1 Å². The largest absolute Gasteiger partial charge is 0.325 e. The Morgan fingerprint density at radius 3 is 2.80 bits per heavy atom. The molecular formula is C18H20ClN5O. The van der Waals surface area contributed by atoms with Gasteiger partial charge < -0.3 is 4.57 Å². The van der Waals surface area contributed by atoms with Gasteiger partial charge in [0.05, 0.1) is 19.4 Å². The number of halogens is 1. The standard InChI is InChI=1S/C18H20ClN5O/c1-2-3-9-22-12-21-16-15(22)17(25)23-10-8-20-18(23)24(16)11-13-4-6-14(19)7-5-13/h4-7,12H,2-3,8-11H2,1H3. The first-order valence-electron chi connectivity index (χ1n) is 8.62. The summed E-state index contributed by atoms with van der Waals surface area (Å²) in [5.74, 6) is 1.41. The zero-order valence-corrected chi connectivity index (χ0v) is 14.9. The summed E-state index contributed by atoms with van der Waals surface area (Å²) in [6, 6.07) is 7.74. The lowest BCUT2D eigenvalue weighted by Gasteiger charge is -2.33. The highest BCUT2D eigenvalue weighted by Crippen LogP contribution is 2.31. The van der Waals surface area contributed by atoms with Crippen molar-refractivity contribution in [1.82, 2.24) is 14.5 Å². The minimum absolute atomic E-state index is 0.00668. The van der Waals surface area contributed by atoms with Crippen molar-refractivity contribution in [1.29, 1.82) is 0 Å². The van der Waals surface area contributed by atoms with Gasteiger partial charge in [-0.1, -0.05) is 37.1 Å². The molecule has 0 spiro atoms. The molecule has 0 radical (unpaired) electrons. The number of fused-ring (bicyclic) bond motifs is 2. The first-order chi connectivity index (χ1) is 12.2. The molecule has 0 fully saturated rings. The molecule has 6 nitrogen and oxygen atoms in total. The van der Waals surface area contributed by atoms with Gasteiger partial charge in [0.25, 0.3) is 5.91 Å². The van der Waals surface area contributed by atoms with Crippen molar-refractivity contribution in [2.45, 2.75) is 32.9 Å². The molecule has 0 bridgehead atoms. The Morgan fingerprint density at radius 2 is 2.04 bits per heavy atom. The van der Waals surface area contributed by atoms with E-state index in [1.54, 1.807) is 11.2 Å². The van der Waals surface area contributed by atoms with Crippen LogP contribution >= 0.6 is 11.6 Å². The van der Waals surface area contributed by atoms with Crippen LogP contribution in [0, 0.1) is 0 Å². The first kappa shape index (κ1) is 16.1. The predicted octanol–water partition coefficient (Wildman–Crippen LogP) is 3.17. The lowest BCUT2D eigenvalue weighted by molar-refractivity contribution is 0.0840. The van der Waals surface area contributed by atoms with Crippen molar-refractivity contribution in [2.75, 3.05) is 18.0 Å². The van der Waals surface area contributed by atoms with Crippen LogP contribution in [0.5, 0.6) is 0 Å². The number of aryl methyl sites for hydroxylation is 1. The van der Waals surface area contributed by atoms with E-state index in [-0.39, 0.29) is 5.91 Å². The van der Waals surface area contributed by atoms with Crippen LogP contribution in [0.2, 0.25) is 5.02 Å². The van der Waals surface area contributed by atoms with Crippen molar-refractivity contribution in [3.63, 3.8) is 0 Å². The van der Waals surface area contributed by atoms with Gasteiger partial charge in [0.2, 0.25) is 5.96 Å². The quantitative estimate of drug-likeness (QED) is 0.825. The first-order valence-corrected chi connectivity index (χ1v) is 9.00. The van der Waals surface area contributed by atoms with Crippen LogP contribution < -0.4 is 4.90 Å². The number of nitrogens with zero attached hydrogens (tertiary/aromatic N) is 5. The molecule has 2 aliphatic rings. The summed E-state index contributed by atoms with van der Waals surface area (Å²) in [5, 5.41) is 0.710. The molecule has 0 unspecified atom stereocenters. The summed E-state index contributed by atoms with van der Waals surface area (Å²) in [4.78, 5) is 25.8. The van der Waals surface area contributed by atoms with Crippen LogP contribution in [-0.4, -0.2) is 39.4 Å². The highest BCUT2D eigenvalue weighted by molar-refractivity contribution is 6.30. The van der Waals surface area contributed by atoms with Gasteiger partial charge in [0.15, 0.2) is 11.5 Å². The summed E-state index contributed by atoms with van der Waals surface area (Å²) >= 11 is 5.99. The fourth-order valence-electron chi connectivity index (χ4n) is 3.29. The topological polar surface area (TPSA) is 53.7 Å². The smallest absolute Gasteiger partial charge is 0.281 e. The minimum atomic E-state index is 0.00668. The summed E-state index contributed by atoms with van der Waals surface area (Å²) in [6.45, 7) is 4.82. The molecule has 4 rings (SSSR count). The SMILES string of the molecule is CCCCn1cnc2c1C(=O)N1CCN=C1N2Cc1ccc(Cl)cc1. The molecule has 0 atom stereocenters. The van der Waals surface area contributed by atoms with Crippen molar-refractivity contribution >= 4 is 29.3 Å².